The summed E-state index contributed by atoms with van der Waals surface area (Å²) in [6, 6.07) is 20.0. The number of rotatable bonds is 9. The molecule has 1 aliphatic heterocycles. The molecule has 6 heteroatoms. The number of ether oxygens (including phenoxy) is 2. The van der Waals surface area contributed by atoms with E-state index in [0.29, 0.717) is 24.3 Å². The Morgan fingerprint density at radius 3 is 2.56 bits per heavy atom. The first-order chi connectivity index (χ1) is 15.6. The number of benzene rings is 3. The van der Waals surface area contributed by atoms with Crippen LogP contribution >= 0.6 is 23.4 Å². The molecule has 0 aliphatic carbocycles. The van der Waals surface area contributed by atoms with Crippen molar-refractivity contribution in [3.63, 3.8) is 0 Å². The van der Waals surface area contributed by atoms with Crippen LogP contribution in [0.15, 0.2) is 70.5 Å². The van der Waals surface area contributed by atoms with Crippen molar-refractivity contribution in [2.45, 2.75) is 29.1 Å². The van der Waals surface area contributed by atoms with Crippen LogP contribution in [0, 0.1) is 6.42 Å². The highest BCUT2D eigenvalue weighted by atomic mass is 35.5. The molecule has 0 N–H and O–H groups in total. The van der Waals surface area contributed by atoms with E-state index in [9.17, 15) is 4.79 Å². The van der Waals surface area contributed by atoms with Gasteiger partial charge in [0.05, 0.1) is 25.6 Å². The summed E-state index contributed by atoms with van der Waals surface area (Å²) in [7, 11) is 3.19. The van der Waals surface area contributed by atoms with E-state index in [0.717, 1.165) is 29.2 Å². The second-order valence-corrected chi connectivity index (χ2v) is 9.03. The molecule has 165 valence electrons. The lowest BCUT2D eigenvalue weighted by atomic mass is 10.0. The molecule has 0 saturated heterocycles. The van der Waals surface area contributed by atoms with E-state index in [4.69, 9.17) is 21.1 Å². The third-order valence-electron chi connectivity index (χ3n) is 5.37. The summed E-state index contributed by atoms with van der Waals surface area (Å²) in [4.78, 5) is 17.2. The summed E-state index contributed by atoms with van der Waals surface area (Å²) < 4.78 is 10.6. The third-order valence-corrected chi connectivity index (χ3v) is 6.74. The number of carbonyl (C=O) groups is 1. The van der Waals surface area contributed by atoms with Gasteiger partial charge < -0.3 is 14.4 Å². The molecule has 3 aromatic carbocycles. The van der Waals surface area contributed by atoms with Crippen molar-refractivity contribution in [1.82, 2.24) is 0 Å². The minimum absolute atomic E-state index is 0.107. The Kier molecular flexibility index (Phi) is 7.28. The third kappa shape index (κ3) is 5.05. The number of ketones is 1. The lowest BCUT2D eigenvalue weighted by Crippen LogP contribution is -2.22. The van der Waals surface area contributed by atoms with Crippen molar-refractivity contribution >= 4 is 40.5 Å². The Hall–Kier alpha value is -2.63. The zero-order valence-corrected chi connectivity index (χ0v) is 19.7. The molecule has 0 fully saturated rings. The summed E-state index contributed by atoms with van der Waals surface area (Å²) >= 11 is 8.05. The Morgan fingerprint density at radius 1 is 0.969 bits per heavy atom. The molecule has 4 rings (SSSR count). The van der Waals surface area contributed by atoms with Gasteiger partial charge in [-0.2, -0.15) is 0 Å². The van der Waals surface area contributed by atoms with Gasteiger partial charge in [-0.25, -0.2) is 0 Å². The monoisotopic (exact) mass is 466 g/mol. The maximum absolute atomic E-state index is 12.5. The average Bonchev–Trinajstić information content (AvgIpc) is 2.81. The summed E-state index contributed by atoms with van der Waals surface area (Å²) in [5, 5.41) is 0.727. The predicted molar refractivity (Wildman–Crippen MR) is 131 cm³/mol. The number of halogens is 1. The highest BCUT2D eigenvalue weighted by Gasteiger charge is 2.23. The molecule has 3 aromatic rings. The van der Waals surface area contributed by atoms with Crippen LogP contribution in [-0.2, 0) is 11.2 Å². The smallest absolute Gasteiger partial charge is 0.161 e. The van der Waals surface area contributed by atoms with Crippen LogP contribution in [0.1, 0.15) is 18.4 Å². The molecular formula is C26H25ClNO3S. The average molecular weight is 467 g/mol. The summed E-state index contributed by atoms with van der Waals surface area (Å²) in [6.07, 6.45) is 3.72. The van der Waals surface area contributed by atoms with Gasteiger partial charge in [0.25, 0.3) is 0 Å². The molecule has 1 aliphatic rings. The zero-order chi connectivity index (χ0) is 22.5. The van der Waals surface area contributed by atoms with Crippen LogP contribution in [-0.4, -0.2) is 26.5 Å². The standard InChI is InChI=1S/C26H25ClNO3S/c1-30-23-12-10-18(16-24(23)31-2)15-20(29)7-5-6-14-28-21-8-3-4-9-25(21)32-26-13-11-19(27)17-22(26)28/h3-4,7-13,16-17H,5-6,14-15H2,1-2H3. The van der Waals surface area contributed by atoms with Crippen molar-refractivity contribution in [2.75, 3.05) is 25.7 Å². The maximum Gasteiger partial charge on any atom is 0.161 e. The Morgan fingerprint density at radius 2 is 1.75 bits per heavy atom. The molecule has 0 spiro atoms. The minimum atomic E-state index is 0.107. The quantitative estimate of drug-likeness (QED) is 0.326. The molecule has 0 saturated carbocycles. The molecule has 32 heavy (non-hydrogen) atoms. The zero-order valence-electron chi connectivity index (χ0n) is 18.1. The minimum Gasteiger partial charge on any atom is -0.493 e. The summed E-state index contributed by atoms with van der Waals surface area (Å²) in [5.74, 6) is 1.40. The van der Waals surface area contributed by atoms with Gasteiger partial charge in [0, 0.05) is 34.2 Å². The summed E-state index contributed by atoms with van der Waals surface area (Å²) in [5.41, 5.74) is 3.22. The number of methoxy groups -OCH3 is 2. The van der Waals surface area contributed by atoms with E-state index >= 15 is 0 Å². The van der Waals surface area contributed by atoms with Crippen LogP contribution in [0.5, 0.6) is 11.5 Å². The van der Waals surface area contributed by atoms with Crippen molar-refractivity contribution in [3.05, 3.63) is 77.7 Å². The highest BCUT2D eigenvalue weighted by molar-refractivity contribution is 7.99. The fraction of sp³-hybridized carbons (Fsp3) is 0.231. The number of unbranched alkanes of at least 4 members (excludes halogenated alkanes) is 1. The molecule has 1 heterocycles. The van der Waals surface area contributed by atoms with Gasteiger partial charge in [-0.3, -0.25) is 4.79 Å². The van der Waals surface area contributed by atoms with Crippen molar-refractivity contribution in [1.29, 1.82) is 0 Å². The molecule has 1 radical (unpaired) electrons. The molecule has 0 unspecified atom stereocenters. The van der Waals surface area contributed by atoms with Crippen molar-refractivity contribution in [3.8, 4) is 11.5 Å². The molecule has 0 bridgehead atoms. The molecular weight excluding hydrogens is 442 g/mol. The maximum atomic E-state index is 12.5. The Bertz CT molecular complexity index is 1120. The highest BCUT2D eigenvalue weighted by Crippen LogP contribution is 2.48. The Balaban J connectivity index is 1.36. The second kappa shape index (κ2) is 10.3. The number of nitrogens with zero attached hydrogens (tertiary/aromatic N) is 1. The number of para-hydroxylation sites is 1. The number of hydrogen-bond donors (Lipinski definition) is 0. The van der Waals surface area contributed by atoms with E-state index in [-0.39, 0.29) is 5.78 Å². The molecule has 4 nitrogen and oxygen atoms in total. The lowest BCUT2D eigenvalue weighted by Gasteiger charge is -2.33. The van der Waals surface area contributed by atoms with E-state index in [1.807, 2.05) is 30.3 Å². The van der Waals surface area contributed by atoms with Crippen LogP contribution in [0.3, 0.4) is 0 Å². The first-order valence-electron chi connectivity index (χ1n) is 10.5. The lowest BCUT2D eigenvalue weighted by molar-refractivity contribution is -0.115. The van der Waals surface area contributed by atoms with Crippen LogP contribution in [0.25, 0.3) is 0 Å². The fourth-order valence-corrected chi connectivity index (χ4v) is 5.06. The van der Waals surface area contributed by atoms with E-state index < -0.39 is 0 Å². The van der Waals surface area contributed by atoms with Gasteiger partial charge in [0.2, 0.25) is 0 Å². The first kappa shape index (κ1) is 22.6. The SMILES string of the molecule is COc1ccc(CC(=O)[CH]CCCN2c3ccccc3Sc3ccc(Cl)cc32)cc1OC. The first-order valence-corrected chi connectivity index (χ1v) is 11.7. The molecule has 0 amide bonds. The van der Waals surface area contributed by atoms with Gasteiger partial charge in [0.15, 0.2) is 11.5 Å². The number of fused-ring (bicyclic) bond motifs is 2. The van der Waals surface area contributed by atoms with Gasteiger partial charge in [-0.15, -0.1) is 0 Å². The second-order valence-electron chi connectivity index (χ2n) is 7.51. The number of carbonyl (C=O) groups excluding carboxylic acids is 1. The fourth-order valence-electron chi connectivity index (χ4n) is 3.82. The van der Waals surface area contributed by atoms with Gasteiger partial charge in [0.1, 0.15) is 5.78 Å². The van der Waals surface area contributed by atoms with Crippen molar-refractivity contribution < 1.29 is 14.3 Å². The normalized spacial score (nSPS) is 12.2. The van der Waals surface area contributed by atoms with Crippen LogP contribution in [0.2, 0.25) is 5.02 Å². The van der Waals surface area contributed by atoms with E-state index in [2.05, 4.69) is 35.2 Å². The number of Topliss-reactive ketones (excluding diaryl/α,β-unsaturated/α-hetero) is 1. The van der Waals surface area contributed by atoms with Crippen LogP contribution < -0.4 is 14.4 Å². The van der Waals surface area contributed by atoms with Gasteiger partial charge >= 0.3 is 0 Å². The van der Waals surface area contributed by atoms with Crippen LogP contribution in [0.4, 0.5) is 11.4 Å². The van der Waals surface area contributed by atoms with Crippen molar-refractivity contribution in [2.24, 2.45) is 0 Å². The van der Waals surface area contributed by atoms with Gasteiger partial charge in [-0.1, -0.05) is 41.6 Å². The summed E-state index contributed by atoms with van der Waals surface area (Å²) in [6.45, 7) is 0.811. The van der Waals surface area contributed by atoms with E-state index in [1.54, 1.807) is 32.4 Å². The largest absolute Gasteiger partial charge is 0.493 e. The molecule has 0 atom stereocenters. The van der Waals surface area contributed by atoms with E-state index in [1.165, 1.54) is 15.5 Å². The Labute approximate surface area is 198 Å². The van der Waals surface area contributed by atoms with Gasteiger partial charge in [-0.05, 0) is 60.9 Å². The number of hydrogen-bond acceptors (Lipinski definition) is 5. The topological polar surface area (TPSA) is 38.8 Å². The molecule has 0 aromatic heterocycles. The number of anilines is 2. The predicted octanol–water partition coefficient (Wildman–Crippen LogP) is 6.76.